The Balaban J connectivity index is 2.36. The van der Waals surface area contributed by atoms with Crippen molar-refractivity contribution in [1.29, 1.82) is 0 Å². The van der Waals surface area contributed by atoms with Crippen molar-refractivity contribution in [2.75, 3.05) is 18.0 Å². The zero-order valence-electron chi connectivity index (χ0n) is 11.0. The minimum absolute atomic E-state index is 0.121. The molecule has 2 atom stereocenters. The Morgan fingerprint density at radius 2 is 1.94 bits per heavy atom. The zero-order valence-corrected chi connectivity index (χ0v) is 11.0. The van der Waals surface area contributed by atoms with E-state index in [-0.39, 0.29) is 12.2 Å². The molecule has 0 saturated carbocycles. The molecule has 0 spiro atoms. The first-order valence-corrected chi connectivity index (χ1v) is 6.21. The van der Waals surface area contributed by atoms with Gasteiger partial charge in [-0.3, -0.25) is 0 Å². The Hall–Kier alpha value is -1.55. The number of carboxylic acid groups (broad SMARTS) is 1. The number of aromatic carboxylic acids is 1. The molecule has 1 aromatic rings. The van der Waals surface area contributed by atoms with Gasteiger partial charge >= 0.3 is 5.97 Å². The van der Waals surface area contributed by atoms with Crippen LogP contribution in [0.5, 0.6) is 0 Å². The van der Waals surface area contributed by atoms with Crippen LogP contribution in [0.4, 0.5) is 5.69 Å². The lowest BCUT2D eigenvalue weighted by Gasteiger charge is -2.37. The second-order valence-corrected chi connectivity index (χ2v) is 4.99. The maximum Gasteiger partial charge on any atom is 0.337 e. The topological polar surface area (TPSA) is 49.8 Å². The Labute approximate surface area is 107 Å². The summed E-state index contributed by atoms with van der Waals surface area (Å²) in [5, 5.41) is 9.26. The number of nitrogens with zero attached hydrogens (tertiary/aromatic N) is 1. The Kier molecular flexibility index (Phi) is 3.57. The van der Waals surface area contributed by atoms with Crippen molar-refractivity contribution < 1.29 is 14.6 Å². The van der Waals surface area contributed by atoms with Crippen LogP contribution in [0.25, 0.3) is 0 Å². The maximum atomic E-state index is 11.3. The summed E-state index contributed by atoms with van der Waals surface area (Å²) in [7, 11) is 0. The van der Waals surface area contributed by atoms with Crippen molar-refractivity contribution in [2.45, 2.75) is 33.0 Å². The van der Waals surface area contributed by atoms with Gasteiger partial charge in [0, 0.05) is 13.1 Å². The van der Waals surface area contributed by atoms with Crippen LogP contribution in [0.3, 0.4) is 0 Å². The molecule has 1 fully saturated rings. The van der Waals surface area contributed by atoms with Gasteiger partial charge in [0.15, 0.2) is 0 Å². The van der Waals surface area contributed by atoms with Crippen LogP contribution in [-0.2, 0) is 4.74 Å². The van der Waals surface area contributed by atoms with Gasteiger partial charge in [-0.2, -0.15) is 0 Å². The number of hydrogen-bond acceptors (Lipinski definition) is 3. The van der Waals surface area contributed by atoms with E-state index in [0.29, 0.717) is 5.56 Å². The van der Waals surface area contributed by atoms with Gasteiger partial charge in [0.05, 0.1) is 23.5 Å². The predicted octanol–water partition coefficient (Wildman–Crippen LogP) is 2.31. The first-order valence-electron chi connectivity index (χ1n) is 6.21. The lowest BCUT2D eigenvalue weighted by atomic mass is 10.1. The molecule has 0 radical (unpaired) electrons. The van der Waals surface area contributed by atoms with Gasteiger partial charge < -0.3 is 14.7 Å². The Bertz CT molecular complexity index is 448. The van der Waals surface area contributed by atoms with Gasteiger partial charge in [-0.25, -0.2) is 4.79 Å². The number of hydrogen-bond donors (Lipinski definition) is 1. The SMILES string of the molecule is Cc1ccc(C(=O)O)c(N2CC(C)OC(C)C2)c1. The van der Waals surface area contributed by atoms with Crippen molar-refractivity contribution in [2.24, 2.45) is 0 Å². The lowest BCUT2D eigenvalue weighted by molar-refractivity contribution is -0.00532. The van der Waals surface area contributed by atoms with Gasteiger partial charge in [-0.15, -0.1) is 0 Å². The Morgan fingerprint density at radius 3 is 2.50 bits per heavy atom. The van der Waals surface area contributed by atoms with Gasteiger partial charge in [0.2, 0.25) is 0 Å². The number of anilines is 1. The quantitative estimate of drug-likeness (QED) is 0.873. The number of aryl methyl sites for hydroxylation is 1. The van der Waals surface area contributed by atoms with E-state index in [0.717, 1.165) is 24.3 Å². The molecule has 4 nitrogen and oxygen atoms in total. The molecule has 18 heavy (non-hydrogen) atoms. The highest BCUT2D eigenvalue weighted by molar-refractivity contribution is 5.94. The van der Waals surface area contributed by atoms with Crippen molar-refractivity contribution in [3.05, 3.63) is 29.3 Å². The molecular formula is C14H19NO3. The van der Waals surface area contributed by atoms with Crippen LogP contribution < -0.4 is 4.90 Å². The fraction of sp³-hybridized carbons (Fsp3) is 0.500. The average Bonchev–Trinajstić information content (AvgIpc) is 2.27. The van der Waals surface area contributed by atoms with Crippen LogP contribution in [0.15, 0.2) is 18.2 Å². The predicted molar refractivity (Wildman–Crippen MR) is 70.4 cm³/mol. The molecule has 1 aliphatic heterocycles. The zero-order chi connectivity index (χ0) is 13.3. The number of ether oxygens (including phenoxy) is 1. The summed E-state index contributed by atoms with van der Waals surface area (Å²) >= 11 is 0. The van der Waals surface area contributed by atoms with Crippen molar-refractivity contribution >= 4 is 11.7 Å². The first kappa shape index (κ1) is 12.9. The normalized spacial score (nSPS) is 24.1. The summed E-state index contributed by atoms with van der Waals surface area (Å²) in [5.74, 6) is -0.878. The average molecular weight is 249 g/mol. The van der Waals surface area contributed by atoms with E-state index < -0.39 is 5.97 Å². The summed E-state index contributed by atoms with van der Waals surface area (Å²) in [6.07, 6.45) is 0.242. The molecule has 1 N–H and O–H groups in total. The van der Waals surface area contributed by atoms with E-state index in [9.17, 15) is 9.90 Å². The van der Waals surface area contributed by atoms with Gasteiger partial charge in [0.1, 0.15) is 0 Å². The van der Waals surface area contributed by atoms with E-state index in [1.165, 1.54) is 0 Å². The fourth-order valence-electron chi connectivity index (χ4n) is 2.46. The van der Waals surface area contributed by atoms with E-state index in [2.05, 4.69) is 4.90 Å². The third-order valence-electron chi connectivity index (χ3n) is 3.14. The van der Waals surface area contributed by atoms with E-state index in [1.54, 1.807) is 6.07 Å². The molecule has 0 bridgehead atoms. The fourth-order valence-corrected chi connectivity index (χ4v) is 2.46. The molecule has 1 aliphatic rings. The number of carbonyl (C=O) groups is 1. The number of morpholine rings is 1. The van der Waals surface area contributed by atoms with Gasteiger partial charge in [0.25, 0.3) is 0 Å². The third kappa shape index (κ3) is 2.64. The minimum atomic E-state index is -0.878. The number of benzene rings is 1. The molecule has 0 aliphatic carbocycles. The molecule has 0 aromatic heterocycles. The molecule has 4 heteroatoms. The van der Waals surface area contributed by atoms with Crippen LogP contribution in [0.1, 0.15) is 29.8 Å². The second kappa shape index (κ2) is 4.98. The summed E-state index contributed by atoms with van der Waals surface area (Å²) in [6, 6.07) is 5.45. The molecule has 0 amide bonds. The second-order valence-electron chi connectivity index (χ2n) is 4.99. The van der Waals surface area contributed by atoms with E-state index in [1.807, 2.05) is 32.9 Å². The molecule has 98 valence electrons. The largest absolute Gasteiger partial charge is 0.478 e. The van der Waals surface area contributed by atoms with E-state index >= 15 is 0 Å². The van der Waals surface area contributed by atoms with Crippen LogP contribution in [-0.4, -0.2) is 36.4 Å². The summed E-state index contributed by atoms with van der Waals surface area (Å²) in [6.45, 7) is 7.46. The summed E-state index contributed by atoms with van der Waals surface area (Å²) in [5.41, 5.74) is 2.23. The maximum absolute atomic E-state index is 11.3. The number of carboxylic acids is 1. The Morgan fingerprint density at radius 1 is 1.33 bits per heavy atom. The highest BCUT2D eigenvalue weighted by atomic mass is 16.5. The highest BCUT2D eigenvalue weighted by Crippen LogP contribution is 2.25. The lowest BCUT2D eigenvalue weighted by Crippen LogP contribution is -2.46. The van der Waals surface area contributed by atoms with Crippen LogP contribution in [0, 0.1) is 6.92 Å². The molecule has 1 saturated heterocycles. The van der Waals surface area contributed by atoms with Crippen LogP contribution in [0.2, 0.25) is 0 Å². The summed E-state index contributed by atoms with van der Waals surface area (Å²) < 4.78 is 5.68. The van der Waals surface area contributed by atoms with Gasteiger partial charge in [-0.1, -0.05) is 6.07 Å². The number of rotatable bonds is 2. The highest BCUT2D eigenvalue weighted by Gasteiger charge is 2.25. The first-order chi connectivity index (χ1) is 8.47. The minimum Gasteiger partial charge on any atom is -0.478 e. The van der Waals surface area contributed by atoms with Crippen molar-refractivity contribution in [1.82, 2.24) is 0 Å². The van der Waals surface area contributed by atoms with E-state index in [4.69, 9.17) is 4.74 Å². The molecule has 2 unspecified atom stereocenters. The molecule has 1 aromatic carbocycles. The standard InChI is InChI=1S/C14H19NO3/c1-9-4-5-12(14(16)17)13(6-9)15-7-10(2)18-11(3)8-15/h4-6,10-11H,7-8H2,1-3H3,(H,16,17). The third-order valence-corrected chi connectivity index (χ3v) is 3.14. The monoisotopic (exact) mass is 249 g/mol. The molecular weight excluding hydrogens is 230 g/mol. The smallest absolute Gasteiger partial charge is 0.337 e. The molecule has 1 heterocycles. The molecule has 2 rings (SSSR count). The van der Waals surface area contributed by atoms with Crippen molar-refractivity contribution in [3.63, 3.8) is 0 Å². The van der Waals surface area contributed by atoms with Crippen molar-refractivity contribution in [3.8, 4) is 0 Å². The van der Waals surface area contributed by atoms with Crippen LogP contribution >= 0.6 is 0 Å². The van der Waals surface area contributed by atoms with Gasteiger partial charge in [-0.05, 0) is 38.5 Å². The summed E-state index contributed by atoms with van der Waals surface area (Å²) in [4.78, 5) is 13.4.